The molecule has 1 aromatic heterocycles. The van der Waals surface area contributed by atoms with Gasteiger partial charge in [-0.15, -0.1) is 0 Å². The zero-order valence-electron chi connectivity index (χ0n) is 22.8. The average Bonchev–Trinajstić information content (AvgIpc) is 2.97. The molecule has 0 unspecified atom stereocenters. The second-order valence-corrected chi connectivity index (χ2v) is 22.4. The third-order valence-electron chi connectivity index (χ3n) is 8.16. The summed E-state index contributed by atoms with van der Waals surface area (Å²) in [6, 6.07) is 1.36. The summed E-state index contributed by atoms with van der Waals surface area (Å²) in [5, 5.41) is 0.0950. The van der Waals surface area contributed by atoms with Crippen LogP contribution in [0.2, 0.25) is 36.3 Å². The summed E-state index contributed by atoms with van der Waals surface area (Å²) in [6.07, 6.45) is 1.28. The zero-order valence-corrected chi connectivity index (χ0v) is 24.8. The first-order chi connectivity index (χ1) is 14.7. The average molecular weight is 499 g/mol. The van der Waals surface area contributed by atoms with Crippen LogP contribution in [0.25, 0.3) is 0 Å². The molecule has 0 amide bonds. The van der Waals surface area contributed by atoms with E-state index in [4.69, 9.17) is 13.6 Å². The van der Waals surface area contributed by atoms with E-state index >= 15 is 0 Å². The Morgan fingerprint density at radius 2 is 1.64 bits per heavy atom. The van der Waals surface area contributed by atoms with Crippen LogP contribution in [-0.2, 0) is 13.6 Å². The van der Waals surface area contributed by atoms with E-state index in [1.807, 2.05) is 0 Å². The van der Waals surface area contributed by atoms with E-state index in [-0.39, 0.29) is 22.1 Å². The fourth-order valence-corrected chi connectivity index (χ4v) is 5.96. The van der Waals surface area contributed by atoms with Gasteiger partial charge in [-0.1, -0.05) is 55.4 Å². The van der Waals surface area contributed by atoms with Crippen molar-refractivity contribution in [3.63, 3.8) is 0 Å². The molecule has 1 aromatic rings. The molecule has 33 heavy (non-hydrogen) atoms. The second-order valence-electron chi connectivity index (χ2n) is 12.9. The number of nitrogens with one attached hydrogen (secondary N) is 1. The van der Waals surface area contributed by atoms with E-state index in [0.717, 1.165) is 0 Å². The first kappa shape index (κ1) is 28.2. The fourth-order valence-electron chi connectivity index (χ4n) is 3.58. The maximum absolute atomic E-state index is 12.6. The fraction of sp³-hybridized carbons (Fsp3) is 0.833. The first-order valence-electron chi connectivity index (χ1n) is 12.0. The van der Waals surface area contributed by atoms with Crippen LogP contribution in [0.4, 0.5) is 0 Å². The van der Waals surface area contributed by atoms with Gasteiger partial charge in [-0.05, 0) is 42.2 Å². The third kappa shape index (κ3) is 5.81. The molecule has 0 radical (unpaired) electrons. The van der Waals surface area contributed by atoms with Gasteiger partial charge in [0, 0.05) is 18.7 Å². The highest BCUT2D eigenvalue weighted by atomic mass is 28.4. The lowest BCUT2D eigenvalue weighted by molar-refractivity contribution is -0.147. The highest BCUT2D eigenvalue weighted by Crippen LogP contribution is 2.48. The normalized spacial score (nSPS) is 25.1. The molecule has 0 bridgehead atoms. The van der Waals surface area contributed by atoms with Gasteiger partial charge >= 0.3 is 5.69 Å². The van der Waals surface area contributed by atoms with E-state index < -0.39 is 39.7 Å². The van der Waals surface area contributed by atoms with Crippen LogP contribution in [0, 0.1) is 5.92 Å². The maximum atomic E-state index is 12.6. The molecule has 1 aliphatic heterocycles. The lowest BCUT2D eigenvalue weighted by Gasteiger charge is -2.46. The van der Waals surface area contributed by atoms with Crippen LogP contribution in [-0.4, -0.2) is 44.5 Å². The minimum Gasteiger partial charge on any atom is -0.414 e. The Kier molecular flexibility index (Phi) is 7.89. The standard InChI is InChI=1S/C24H46N2O5Si2/c1-17(2)24(16-29-32(9,10)22(3,4)5)18(31-33(11,12)23(6,7)8)15-20(30-24)26-14-13-19(27)25-21(26)28/h13-14,17-18,20H,15-16H2,1-12H3,(H,25,27,28)/t18-,20+,24-/m0/s1. The molecule has 1 saturated heterocycles. The van der Waals surface area contributed by atoms with Crippen molar-refractivity contribution in [3.8, 4) is 0 Å². The number of hydrogen-bond donors (Lipinski definition) is 1. The monoisotopic (exact) mass is 498 g/mol. The molecular formula is C24H46N2O5Si2. The number of aromatic nitrogens is 2. The molecule has 1 aliphatic rings. The molecule has 1 N–H and O–H groups in total. The number of H-pyrrole nitrogens is 1. The quantitative estimate of drug-likeness (QED) is 0.518. The summed E-state index contributed by atoms with van der Waals surface area (Å²) >= 11 is 0. The SMILES string of the molecule is CC(C)[C@]1(CO[Si](C)(C)C(C)(C)C)O[C@@H](n2ccc(=O)[nH]c2=O)C[C@@H]1O[Si](C)(C)C(C)(C)C. The van der Waals surface area contributed by atoms with E-state index in [1.54, 1.807) is 0 Å². The Morgan fingerprint density at radius 3 is 2.09 bits per heavy atom. The molecule has 0 aromatic carbocycles. The lowest BCUT2D eigenvalue weighted by Crippen LogP contribution is -2.57. The number of nitrogens with zero attached hydrogens (tertiary/aromatic N) is 1. The van der Waals surface area contributed by atoms with E-state index in [9.17, 15) is 9.59 Å². The molecule has 9 heteroatoms. The first-order valence-corrected chi connectivity index (χ1v) is 17.9. The van der Waals surface area contributed by atoms with Crippen LogP contribution < -0.4 is 11.2 Å². The number of hydrogen-bond acceptors (Lipinski definition) is 5. The van der Waals surface area contributed by atoms with Crippen LogP contribution in [0.5, 0.6) is 0 Å². The number of aromatic amines is 1. The van der Waals surface area contributed by atoms with Gasteiger partial charge in [0.15, 0.2) is 16.6 Å². The van der Waals surface area contributed by atoms with Crippen molar-refractivity contribution in [3.05, 3.63) is 33.1 Å². The van der Waals surface area contributed by atoms with Gasteiger partial charge in [0.2, 0.25) is 0 Å². The summed E-state index contributed by atoms with van der Waals surface area (Å²) in [7, 11) is -4.19. The zero-order chi connectivity index (χ0) is 25.6. The topological polar surface area (TPSA) is 82.5 Å². The van der Waals surface area contributed by atoms with Gasteiger partial charge in [0.25, 0.3) is 5.56 Å². The smallest absolute Gasteiger partial charge is 0.330 e. The van der Waals surface area contributed by atoms with E-state index in [1.165, 1.54) is 16.8 Å². The molecule has 2 heterocycles. The van der Waals surface area contributed by atoms with Gasteiger partial charge < -0.3 is 13.6 Å². The molecule has 0 aliphatic carbocycles. The molecule has 1 fully saturated rings. The van der Waals surface area contributed by atoms with Gasteiger partial charge in [-0.3, -0.25) is 14.3 Å². The van der Waals surface area contributed by atoms with Crippen molar-refractivity contribution in [1.82, 2.24) is 9.55 Å². The molecule has 190 valence electrons. The van der Waals surface area contributed by atoms with Crippen LogP contribution in [0.15, 0.2) is 21.9 Å². The summed E-state index contributed by atoms with van der Waals surface area (Å²) in [4.78, 5) is 26.5. The Hall–Kier alpha value is -1.01. The van der Waals surface area contributed by atoms with E-state index in [0.29, 0.717) is 13.0 Å². The number of ether oxygens (including phenoxy) is 1. The van der Waals surface area contributed by atoms with Gasteiger partial charge in [0.05, 0.1) is 12.7 Å². The summed E-state index contributed by atoms with van der Waals surface area (Å²) in [5.74, 6) is 0.0977. The molecule has 3 atom stereocenters. The molecule has 2 rings (SSSR count). The second kappa shape index (κ2) is 9.22. The Balaban J connectivity index is 2.52. The predicted octanol–water partition coefficient (Wildman–Crippen LogP) is 5.26. The van der Waals surface area contributed by atoms with Crippen molar-refractivity contribution < 1.29 is 13.6 Å². The lowest BCUT2D eigenvalue weighted by atomic mass is 9.86. The highest BCUT2D eigenvalue weighted by Gasteiger charge is 2.56. The van der Waals surface area contributed by atoms with Crippen molar-refractivity contribution in [2.45, 2.75) is 116 Å². The van der Waals surface area contributed by atoms with E-state index in [2.05, 4.69) is 86.6 Å². The maximum Gasteiger partial charge on any atom is 0.330 e. The third-order valence-corrected chi connectivity index (χ3v) is 17.1. The summed E-state index contributed by atoms with van der Waals surface area (Å²) < 4.78 is 21.9. The predicted molar refractivity (Wildman–Crippen MR) is 139 cm³/mol. The summed E-state index contributed by atoms with van der Waals surface area (Å²) in [5.41, 5.74) is -1.59. The van der Waals surface area contributed by atoms with Crippen molar-refractivity contribution >= 4 is 16.6 Å². The molecule has 0 spiro atoms. The Bertz CT molecular complexity index is 940. The minimum absolute atomic E-state index is 0.0307. The van der Waals surface area contributed by atoms with Crippen LogP contribution in [0.1, 0.15) is 68.0 Å². The molecule has 7 nitrogen and oxygen atoms in total. The Labute approximate surface area is 201 Å². The summed E-state index contributed by atoms with van der Waals surface area (Å²) in [6.45, 7) is 27.0. The van der Waals surface area contributed by atoms with Crippen molar-refractivity contribution in [2.75, 3.05) is 6.61 Å². The van der Waals surface area contributed by atoms with Crippen LogP contribution >= 0.6 is 0 Å². The van der Waals surface area contributed by atoms with Gasteiger partial charge in [0.1, 0.15) is 11.8 Å². The van der Waals surface area contributed by atoms with Gasteiger partial charge in [-0.25, -0.2) is 4.79 Å². The minimum atomic E-state index is -2.14. The van der Waals surface area contributed by atoms with Crippen molar-refractivity contribution in [1.29, 1.82) is 0 Å². The Morgan fingerprint density at radius 1 is 1.09 bits per heavy atom. The van der Waals surface area contributed by atoms with Gasteiger partial charge in [-0.2, -0.15) is 0 Å². The highest BCUT2D eigenvalue weighted by molar-refractivity contribution is 6.74. The molecular weight excluding hydrogens is 452 g/mol. The van der Waals surface area contributed by atoms with Crippen molar-refractivity contribution in [2.24, 2.45) is 5.92 Å². The molecule has 0 saturated carbocycles. The van der Waals surface area contributed by atoms with Crippen LogP contribution in [0.3, 0.4) is 0 Å². The number of rotatable bonds is 7. The largest absolute Gasteiger partial charge is 0.414 e.